The van der Waals surface area contributed by atoms with Crippen LogP contribution in [-0.2, 0) is 14.3 Å². The van der Waals surface area contributed by atoms with Crippen LogP contribution in [0.2, 0.25) is 0 Å². The number of nitrogens with one attached hydrogen (secondary N) is 2. The van der Waals surface area contributed by atoms with Gasteiger partial charge in [-0.1, -0.05) is 61.4 Å². The number of benzene rings is 3. The number of hydrogen-bond donors (Lipinski definition) is 2. The molecular weight excluding hydrogens is 664 g/mol. The molecule has 0 radical (unpaired) electrons. The summed E-state index contributed by atoms with van der Waals surface area (Å²) in [7, 11) is 1.21. The predicted octanol–water partition coefficient (Wildman–Crippen LogP) is 8.13. The molecule has 8 rings (SSSR count). The van der Waals surface area contributed by atoms with Crippen molar-refractivity contribution in [3.8, 4) is 22.4 Å². The fourth-order valence-electron chi connectivity index (χ4n) is 8.33. The topological polar surface area (TPSA) is 109 Å². The number of ether oxygens (including phenoxy) is 2. The van der Waals surface area contributed by atoms with Gasteiger partial charge in [0.15, 0.2) is 0 Å². The van der Waals surface area contributed by atoms with E-state index in [1.54, 1.807) is 6.20 Å². The number of imidazole rings is 1. The van der Waals surface area contributed by atoms with Crippen LogP contribution in [0.3, 0.4) is 0 Å². The molecule has 4 aromatic rings. The van der Waals surface area contributed by atoms with E-state index in [9.17, 15) is 18.4 Å². The van der Waals surface area contributed by atoms with Gasteiger partial charge >= 0.3 is 6.09 Å². The number of rotatable bonds is 8. The SMILES string of the molecule is COC(=O)N[C@H](C(=O)N1CC(F)(F)C[C@H]1C1=NC=C(c2ccc(-c3ccc4cc(-c5cnc(C6CCCC6)[nH]5)ccc4c3)cc2)C1)C1CCOCC1. The Morgan fingerprint density at radius 3 is 2.35 bits per heavy atom. The lowest BCUT2D eigenvalue weighted by Gasteiger charge is -2.34. The van der Waals surface area contributed by atoms with E-state index in [0.29, 0.717) is 44.1 Å². The molecule has 0 unspecified atom stereocenters. The van der Waals surface area contributed by atoms with Crippen LogP contribution >= 0.6 is 0 Å². The summed E-state index contributed by atoms with van der Waals surface area (Å²) in [5.74, 6) is -2.21. The number of nitrogens with zero attached hydrogens (tertiary/aromatic N) is 3. The van der Waals surface area contributed by atoms with Gasteiger partial charge in [-0.3, -0.25) is 9.79 Å². The Morgan fingerprint density at radius 2 is 1.62 bits per heavy atom. The minimum atomic E-state index is -3.07. The number of allylic oxidation sites excluding steroid dienone is 1. The quantitative estimate of drug-likeness (QED) is 0.192. The molecule has 1 saturated carbocycles. The molecule has 2 amide bonds. The van der Waals surface area contributed by atoms with Crippen molar-refractivity contribution in [2.75, 3.05) is 26.9 Å². The van der Waals surface area contributed by atoms with Crippen molar-refractivity contribution in [3.63, 3.8) is 0 Å². The number of alkyl halides is 2. The zero-order chi connectivity index (χ0) is 35.8. The maximum absolute atomic E-state index is 15.0. The van der Waals surface area contributed by atoms with Crippen LogP contribution in [0.4, 0.5) is 13.6 Å². The molecule has 2 saturated heterocycles. The fourth-order valence-corrected chi connectivity index (χ4v) is 8.33. The molecular formula is C41H43F2N5O4. The second kappa shape index (κ2) is 14.3. The Hall–Kier alpha value is -4.90. The summed E-state index contributed by atoms with van der Waals surface area (Å²) in [6, 6.07) is 19.3. The van der Waals surface area contributed by atoms with Gasteiger partial charge in [0.05, 0.1) is 31.6 Å². The minimum absolute atomic E-state index is 0.246. The van der Waals surface area contributed by atoms with Crippen molar-refractivity contribution in [2.45, 2.75) is 75.3 Å². The van der Waals surface area contributed by atoms with E-state index < -0.39 is 43.0 Å². The minimum Gasteiger partial charge on any atom is -0.453 e. The Labute approximate surface area is 301 Å². The number of alkyl carbamates (subject to hydrolysis) is 1. The van der Waals surface area contributed by atoms with Crippen molar-refractivity contribution in [2.24, 2.45) is 10.9 Å². The first-order valence-electron chi connectivity index (χ1n) is 18.3. The number of H-pyrrole nitrogens is 1. The summed E-state index contributed by atoms with van der Waals surface area (Å²) in [5.41, 5.74) is 6.70. The third-order valence-corrected chi connectivity index (χ3v) is 11.2. The zero-order valence-corrected chi connectivity index (χ0v) is 29.2. The van der Waals surface area contributed by atoms with Crippen LogP contribution in [-0.4, -0.2) is 77.5 Å². The zero-order valence-electron chi connectivity index (χ0n) is 29.2. The Kier molecular flexibility index (Phi) is 9.38. The highest BCUT2D eigenvalue weighted by Crippen LogP contribution is 2.39. The largest absolute Gasteiger partial charge is 0.453 e. The fraction of sp³-hybridized carbons (Fsp3) is 0.415. The van der Waals surface area contributed by atoms with Gasteiger partial charge in [0.25, 0.3) is 5.92 Å². The summed E-state index contributed by atoms with van der Waals surface area (Å²) in [6.07, 6.45) is 8.78. The number of amides is 2. The lowest BCUT2D eigenvalue weighted by Crippen LogP contribution is -2.55. The lowest BCUT2D eigenvalue weighted by molar-refractivity contribution is -0.136. The summed E-state index contributed by atoms with van der Waals surface area (Å²) in [5, 5.41) is 4.92. The Bertz CT molecular complexity index is 2030. The smallest absolute Gasteiger partial charge is 0.407 e. The van der Waals surface area contributed by atoms with E-state index in [-0.39, 0.29) is 5.92 Å². The molecule has 9 nitrogen and oxygen atoms in total. The van der Waals surface area contributed by atoms with Gasteiger partial charge in [0.1, 0.15) is 11.9 Å². The number of hydrogen-bond acceptors (Lipinski definition) is 6. The molecule has 0 bridgehead atoms. The summed E-state index contributed by atoms with van der Waals surface area (Å²) < 4.78 is 40.1. The number of aromatic nitrogens is 2. The summed E-state index contributed by atoms with van der Waals surface area (Å²) in [6.45, 7) is 0.148. The molecule has 1 aromatic heterocycles. The van der Waals surface area contributed by atoms with Crippen LogP contribution < -0.4 is 5.32 Å². The van der Waals surface area contributed by atoms with Gasteiger partial charge in [-0.15, -0.1) is 0 Å². The molecule has 2 atom stereocenters. The van der Waals surface area contributed by atoms with Gasteiger partial charge < -0.3 is 24.7 Å². The molecule has 3 aliphatic heterocycles. The van der Waals surface area contributed by atoms with E-state index in [1.165, 1.54) is 37.7 Å². The standard InChI is InChI=1S/C41H43F2N5O4/c1-51-40(50)47-37(27-14-16-52-17-15-27)39(49)48-24-41(42,43)21-36(48)34-20-33(22-44-34)26-8-6-25(7-9-26)29-10-11-31-19-32(13-12-30(31)18-29)35-23-45-38(46-35)28-4-2-3-5-28/h6-13,18-19,22-23,27-28,36-37H,2-5,14-17,20-21,24H2,1H3,(H,45,46)(H,47,50)/t36-,37-/m0/s1. The number of aliphatic imine (C=N–C) groups is 1. The van der Waals surface area contributed by atoms with Gasteiger partial charge in [0.2, 0.25) is 5.91 Å². The molecule has 11 heteroatoms. The first-order valence-corrected chi connectivity index (χ1v) is 18.3. The predicted molar refractivity (Wildman–Crippen MR) is 196 cm³/mol. The maximum atomic E-state index is 15.0. The number of carbonyl (C=O) groups excluding carboxylic acids is 2. The molecule has 3 fully saturated rings. The number of carbonyl (C=O) groups is 2. The monoisotopic (exact) mass is 707 g/mol. The summed E-state index contributed by atoms with van der Waals surface area (Å²) in [4.78, 5) is 40.1. The van der Waals surface area contributed by atoms with Crippen molar-refractivity contribution < 1.29 is 27.8 Å². The van der Waals surface area contributed by atoms with Crippen molar-refractivity contribution in [3.05, 3.63) is 84.4 Å². The second-order valence-electron chi connectivity index (χ2n) is 14.6. The number of aromatic amines is 1. The van der Waals surface area contributed by atoms with E-state index in [1.807, 2.05) is 18.3 Å². The number of methoxy groups -OCH3 is 1. The average Bonchev–Trinajstić information content (AvgIpc) is 4.00. The number of likely N-dealkylation sites (tertiary alicyclic amines) is 1. The van der Waals surface area contributed by atoms with Crippen LogP contribution in [0.15, 0.2) is 78.1 Å². The van der Waals surface area contributed by atoms with Crippen molar-refractivity contribution in [1.29, 1.82) is 0 Å². The number of halogens is 2. The molecule has 4 heterocycles. The second-order valence-corrected chi connectivity index (χ2v) is 14.6. The van der Waals surface area contributed by atoms with Crippen LogP contribution in [0.1, 0.15) is 68.7 Å². The first kappa shape index (κ1) is 34.2. The maximum Gasteiger partial charge on any atom is 0.407 e. The first-order chi connectivity index (χ1) is 25.2. The molecule has 2 N–H and O–H groups in total. The van der Waals surface area contributed by atoms with Gasteiger partial charge in [0, 0.05) is 49.4 Å². The highest BCUT2D eigenvalue weighted by Gasteiger charge is 2.51. The lowest BCUT2D eigenvalue weighted by atomic mass is 9.90. The third-order valence-electron chi connectivity index (χ3n) is 11.2. The van der Waals surface area contributed by atoms with Crippen molar-refractivity contribution in [1.82, 2.24) is 20.2 Å². The molecule has 3 aromatic carbocycles. The number of fused-ring (bicyclic) bond motifs is 1. The summed E-state index contributed by atoms with van der Waals surface area (Å²) >= 11 is 0. The highest BCUT2D eigenvalue weighted by atomic mass is 19.3. The van der Waals surface area contributed by atoms with Gasteiger partial charge in [-0.2, -0.15) is 0 Å². The van der Waals surface area contributed by atoms with E-state index >= 15 is 0 Å². The molecule has 4 aliphatic rings. The molecule has 52 heavy (non-hydrogen) atoms. The van der Waals surface area contributed by atoms with Crippen LogP contribution in [0, 0.1) is 5.92 Å². The van der Waals surface area contributed by atoms with Gasteiger partial charge in [-0.25, -0.2) is 18.6 Å². The highest BCUT2D eigenvalue weighted by molar-refractivity contribution is 6.04. The van der Waals surface area contributed by atoms with E-state index in [4.69, 9.17) is 9.47 Å². The molecule has 0 spiro atoms. The van der Waals surface area contributed by atoms with Gasteiger partial charge in [-0.05, 0) is 76.8 Å². The average molecular weight is 708 g/mol. The van der Waals surface area contributed by atoms with E-state index in [0.717, 1.165) is 50.1 Å². The van der Waals surface area contributed by atoms with E-state index in [2.05, 4.69) is 68.8 Å². The molecule has 1 aliphatic carbocycles. The molecule has 270 valence electrons. The van der Waals surface area contributed by atoms with Crippen molar-refractivity contribution >= 4 is 34.1 Å². The third kappa shape index (κ3) is 6.98. The van der Waals surface area contributed by atoms with Crippen LogP contribution in [0.5, 0.6) is 0 Å². The normalized spacial score (nSPS) is 21.3. The van der Waals surface area contributed by atoms with Crippen LogP contribution in [0.25, 0.3) is 38.7 Å². The Morgan fingerprint density at radius 1 is 0.942 bits per heavy atom. The Balaban J connectivity index is 0.945.